The van der Waals surface area contributed by atoms with Crippen molar-refractivity contribution in [2.24, 2.45) is 9.98 Å². The maximum absolute atomic E-state index is 13.9. The maximum atomic E-state index is 13.9. The van der Waals surface area contributed by atoms with Crippen LogP contribution >= 0.6 is 0 Å². The third kappa shape index (κ3) is 3.71. The van der Waals surface area contributed by atoms with Gasteiger partial charge in [-0.15, -0.1) is 0 Å². The van der Waals surface area contributed by atoms with E-state index in [0.29, 0.717) is 11.3 Å². The van der Waals surface area contributed by atoms with Gasteiger partial charge in [-0.25, -0.2) is 28.0 Å². The van der Waals surface area contributed by atoms with Gasteiger partial charge in [0.1, 0.15) is 0 Å². The Balaban J connectivity index is 1.82. The number of aliphatic imine (C=N–C) groups is 2. The van der Waals surface area contributed by atoms with Crippen molar-refractivity contribution in [2.75, 3.05) is 19.7 Å². The fourth-order valence-corrected chi connectivity index (χ4v) is 3.59. The Morgan fingerprint density at radius 3 is 2.66 bits per heavy atom. The zero-order chi connectivity index (χ0) is 23.0. The Morgan fingerprint density at radius 2 is 2.00 bits per heavy atom. The fraction of sp³-hybridized carbons (Fsp3) is 0.238. The van der Waals surface area contributed by atoms with Gasteiger partial charge in [-0.3, -0.25) is 15.1 Å². The molecule has 2 aromatic rings. The summed E-state index contributed by atoms with van der Waals surface area (Å²) in [7, 11) is 0. The summed E-state index contributed by atoms with van der Waals surface area (Å²) in [4.78, 5) is 24.2. The Bertz CT molecular complexity index is 1140. The lowest BCUT2D eigenvalue weighted by molar-refractivity contribution is 0.199. The zero-order valence-electron chi connectivity index (χ0n) is 16.9. The van der Waals surface area contributed by atoms with Gasteiger partial charge in [0.2, 0.25) is 11.9 Å². The van der Waals surface area contributed by atoms with Crippen molar-refractivity contribution in [3.05, 3.63) is 64.5 Å². The number of carbonyl (C=O) groups is 1. The van der Waals surface area contributed by atoms with Gasteiger partial charge in [-0.2, -0.15) is 0 Å². The van der Waals surface area contributed by atoms with E-state index >= 15 is 0 Å². The molecule has 1 atom stereocenters. The molecule has 8 nitrogen and oxygen atoms in total. The first kappa shape index (κ1) is 21.5. The lowest BCUT2D eigenvalue weighted by atomic mass is 10.1. The monoisotopic (exact) mass is 444 g/mol. The van der Waals surface area contributed by atoms with Gasteiger partial charge >= 0.3 is 6.03 Å². The second-order valence-electron chi connectivity index (χ2n) is 7.26. The molecule has 1 fully saturated rings. The van der Waals surface area contributed by atoms with Gasteiger partial charge < -0.3 is 10.5 Å². The number of hydrogen-bond acceptors (Lipinski definition) is 5. The lowest BCUT2D eigenvalue weighted by Gasteiger charge is -2.38. The van der Waals surface area contributed by atoms with E-state index in [1.165, 1.54) is 9.80 Å². The first-order chi connectivity index (χ1) is 15.3. The van der Waals surface area contributed by atoms with Crippen LogP contribution in [0.2, 0.25) is 0 Å². The number of fused-ring (bicyclic) bond motifs is 1. The van der Waals surface area contributed by atoms with Gasteiger partial charge in [0.25, 0.3) is 0 Å². The highest BCUT2D eigenvalue weighted by Gasteiger charge is 2.43. The summed E-state index contributed by atoms with van der Waals surface area (Å²) in [6, 6.07) is 5.57. The van der Waals surface area contributed by atoms with Crippen molar-refractivity contribution in [3.8, 4) is 0 Å². The van der Waals surface area contributed by atoms with Crippen LogP contribution in [0.25, 0.3) is 0 Å². The van der Waals surface area contributed by atoms with Crippen molar-refractivity contribution in [2.45, 2.75) is 13.0 Å². The molecule has 0 saturated carbocycles. The number of benzene rings is 2. The number of carbonyl (C=O) groups excluding carboxylic acids is 1. The molecule has 0 spiro atoms. The Kier molecular flexibility index (Phi) is 5.66. The smallest absolute Gasteiger partial charge is 0.331 e. The van der Waals surface area contributed by atoms with Gasteiger partial charge in [0, 0.05) is 6.21 Å². The van der Waals surface area contributed by atoms with Crippen LogP contribution in [-0.2, 0) is 0 Å². The molecule has 1 unspecified atom stereocenters. The summed E-state index contributed by atoms with van der Waals surface area (Å²) >= 11 is 0. The zero-order valence-corrected chi connectivity index (χ0v) is 16.9. The third-order valence-electron chi connectivity index (χ3n) is 5.21. The normalized spacial score (nSPS) is 19.2. The minimum atomic E-state index is -1.57. The predicted octanol–water partition coefficient (Wildman–Crippen LogP) is 2.83. The highest BCUT2D eigenvalue weighted by atomic mass is 19.2. The van der Waals surface area contributed by atoms with Gasteiger partial charge in [-0.05, 0) is 41.8 Å². The highest BCUT2D eigenvalue weighted by Crippen LogP contribution is 2.32. The second kappa shape index (κ2) is 8.42. The maximum Gasteiger partial charge on any atom is 0.331 e. The number of guanidine groups is 2. The van der Waals surface area contributed by atoms with Crippen LogP contribution in [0.1, 0.15) is 22.7 Å². The van der Waals surface area contributed by atoms with E-state index in [9.17, 15) is 23.1 Å². The number of nitrogens with one attached hydrogen (secondary N) is 2. The van der Waals surface area contributed by atoms with Crippen molar-refractivity contribution in [1.29, 1.82) is 5.41 Å². The molecule has 0 radical (unpaired) electrons. The minimum Gasteiger partial charge on any atom is -0.395 e. The van der Waals surface area contributed by atoms with Crippen LogP contribution in [0.15, 0.2) is 40.3 Å². The molecule has 4 rings (SSSR count). The summed E-state index contributed by atoms with van der Waals surface area (Å²) in [6.45, 7) is 1.43. The van der Waals surface area contributed by atoms with Crippen molar-refractivity contribution in [3.63, 3.8) is 0 Å². The van der Waals surface area contributed by atoms with E-state index in [1.807, 2.05) is 0 Å². The SMILES string of the molecule is Cc1ccc(C=N)cc1N=C1NC(=O)N(CCO)C2=NCC(c3cc(F)c(F)c(F)c3)N12. The Labute approximate surface area is 181 Å². The Morgan fingerprint density at radius 1 is 1.28 bits per heavy atom. The third-order valence-corrected chi connectivity index (χ3v) is 5.21. The molecule has 0 bridgehead atoms. The average molecular weight is 444 g/mol. The lowest BCUT2D eigenvalue weighted by Crippen LogP contribution is -2.62. The van der Waals surface area contributed by atoms with E-state index in [1.54, 1.807) is 25.1 Å². The Hall–Kier alpha value is -3.73. The number of rotatable bonds is 5. The molecule has 1 saturated heterocycles. The quantitative estimate of drug-likeness (QED) is 0.488. The number of β-amino-alcohol motifs (C(OH)–C–C–N with tert-alkyl or cyclic N) is 1. The molecular formula is C21H19F3N6O2. The molecule has 2 heterocycles. The molecule has 2 amide bonds. The summed E-state index contributed by atoms with van der Waals surface area (Å²) in [5.74, 6) is -4.04. The molecule has 11 heteroatoms. The first-order valence-electron chi connectivity index (χ1n) is 9.71. The predicted molar refractivity (Wildman–Crippen MR) is 112 cm³/mol. The molecule has 2 aliphatic rings. The van der Waals surface area contributed by atoms with Gasteiger partial charge in [-0.1, -0.05) is 12.1 Å². The largest absolute Gasteiger partial charge is 0.395 e. The highest BCUT2D eigenvalue weighted by molar-refractivity contribution is 6.16. The van der Waals surface area contributed by atoms with Crippen LogP contribution < -0.4 is 5.32 Å². The number of aliphatic hydroxyl groups is 1. The van der Waals surface area contributed by atoms with Gasteiger partial charge in [0.15, 0.2) is 17.5 Å². The molecule has 0 aromatic heterocycles. The number of aliphatic hydroxyl groups excluding tert-OH is 1. The number of hydrogen-bond donors (Lipinski definition) is 3. The summed E-state index contributed by atoms with van der Waals surface area (Å²) in [6.07, 6.45) is 1.15. The van der Waals surface area contributed by atoms with Crippen molar-refractivity contribution < 1.29 is 23.1 Å². The summed E-state index contributed by atoms with van der Waals surface area (Å²) < 4.78 is 41.3. The van der Waals surface area contributed by atoms with Crippen LogP contribution in [0.5, 0.6) is 0 Å². The molecule has 0 aliphatic carbocycles. The number of aryl methyl sites for hydroxylation is 1. The molecule has 32 heavy (non-hydrogen) atoms. The molecular weight excluding hydrogens is 425 g/mol. The van der Waals surface area contributed by atoms with Crippen LogP contribution in [0, 0.1) is 29.8 Å². The summed E-state index contributed by atoms with van der Waals surface area (Å²) in [5.41, 5.74) is 1.94. The van der Waals surface area contributed by atoms with Crippen LogP contribution in [0.4, 0.5) is 23.7 Å². The van der Waals surface area contributed by atoms with Crippen LogP contribution in [0.3, 0.4) is 0 Å². The topological polar surface area (TPSA) is 104 Å². The number of nitrogens with zero attached hydrogens (tertiary/aromatic N) is 4. The van der Waals surface area contributed by atoms with E-state index < -0.39 is 29.5 Å². The molecule has 2 aliphatic heterocycles. The van der Waals surface area contributed by atoms with Crippen molar-refractivity contribution >= 4 is 29.9 Å². The van der Waals surface area contributed by atoms with E-state index in [2.05, 4.69) is 15.3 Å². The van der Waals surface area contributed by atoms with Crippen molar-refractivity contribution in [1.82, 2.24) is 15.1 Å². The number of halogens is 3. The number of urea groups is 1. The minimum absolute atomic E-state index is 0.0231. The van der Waals surface area contributed by atoms with E-state index in [0.717, 1.165) is 23.9 Å². The first-order valence-corrected chi connectivity index (χ1v) is 9.71. The average Bonchev–Trinajstić information content (AvgIpc) is 3.21. The second-order valence-corrected chi connectivity index (χ2v) is 7.26. The molecule has 3 N–H and O–H groups in total. The van der Waals surface area contributed by atoms with E-state index in [-0.39, 0.29) is 37.2 Å². The number of amides is 2. The summed E-state index contributed by atoms with van der Waals surface area (Å²) in [5, 5.41) is 19.4. The molecule has 166 valence electrons. The van der Waals surface area contributed by atoms with E-state index in [4.69, 9.17) is 5.41 Å². The van der Waals surface area contributed by atoms with Gasteiger partial charge in [0.05, 0.1) is 31.4 Å². The standard InChI is InChI=1S/C21H19F3N6O2/c1-11-2-3-12(9-25)6-16(11)27-19-28-21(32)29(4-5-31)20-26-10-17(30(19)20)13-7-14(22)18(24)15(23)8-13/h2-3,6-9,17,25,31H,4-5,10H2,1H3,(H,27,28,32). The molecule has 2 aromatic carbocycles. The fourth-order valence-electron chi connectivity index (χ4n) is 3.59. The van der Waals surface area contributed by atoms with Crippen LogP contribution in [-0.4, -0.2) is 58.8 Å².